The number of rotatable bonds is 4. The van der Waals surface area contributed by atoms with Crippen molar-refractivity contribution in [3.63, 3.8) is 0 Å². The Kier molecular flexibility index (Phi) is 5.47. The fraction of sp³-hybridized carbons (Fsp3) is 0.455. The summed E-state index contributed by atoms with van der Waals surface area (Å²) in [6.45, 7) is 0.741. The summed E-state index contributed by atoms with van der Waals surface area (Å²) in [6.07, 6.45) is 8.88. The van der Waals surface area contributed by atoms with Crippen molar-refractivity contribution in [2.45, 2.75) is 51.0 Å². The summed E-state index contributed by atoms with van der Waals surface area (Å²) in [6, 6.07) is 6.98. The van der Waals surface area contributed by atoms with E-state index < -0.39 is 5.91 Å². The van der Waals surface area contributed by atoms with Crippen molar-refractivity contribution in [2.75, 3.05) is 12.3 Å². The number of carbonyl (C=O) groups is 2. The fourth-order valence-electron chi connectivity index (χ4n) is 4.62. The highest BCUT2D eigenvalue weighted by Crippen LogP contribution is 2.39. The normalized spacial score (nSPS) is 20.0. The van der Waals surface area contributed by atoms with E-state index in [9.17, 15) is 9.59 Å². The first-order valence-corrected chi connectivity index (χ1v) is 10.4. The van der Waals surface area contributed by atoms with Crippen molar-refractivity contribution >= 4 is 17.8 Å². The topological polar surface area (TPSA) is 115 Å². The zero-order chi connectivity index (χ0) is 20.4. The lowest BCUT2D eigenvalue weighted by molar-refractivity contribution is -0.137. The fourth-order valence-corrected chi connectivity index (χ4v) is 4.62. The van der Waals surface area contributed by atoms with Crippen molar-refractivity contribution < 1.29 is 9.59 Å². The maximum absolute atomic E-state index is 13.3. The molecule has 2 heterocycles. The van der Waals surface area contributed by atoms with Gasteiger partial charge in [-0.15, -0.1) is 0 Å². The van der Waals surface area contributed by atoms with Gasteiger partial charge in [0.15, 0.2) is 0 Å². The Morgan fingerprint density at radius 2 is 1.86 bits per heavy atom. The lowest BCUT2D eigenvalue weighted by Gasteiger charge is -2.31. The third kappa shape index (κ3) is 3.95. The largest absolute Gasteiger partial charge is 0.368 e. The Balaban J connectivity index is 1.70. The zero-order valence-corrected chi connectivity index (χ0v) is 16.5. The van der Waals surface area contributed by atoms with E-state index in [0.29, 0.717) is 5.56 Å². The Labute approximate surface area is 170 Å². The molecule has 7 nitrogen and oxygen atoms in total. The monoisotopic (exact) mass is 393 g/mol. The van der Waals surface area contributed by atoms with Crippen LogP contribution in [0.5, 0.6) is 0 Å². The number of amides is 2. The highest BCUT2D eigenvalue weighted by atomic mass is 16.2. The van der Waals surface area contributed by atoms with E-state index in [1.807, 2.05) is 11.0 Å². The summed E-state index contributed by atoms with van der Waals surface area (Å²) in [5.74, 6) is 0.0536. The van der Waals surface area contributed by atoms with Crippen LogP contribution in [0.2, 0.25) is 0 Å². The molecule has 2 amide bonds. The van der Waals surface area contributed by atoms with E-state index in [-0.39, 0.29) is 23.8 Å². The van der Waals surface area contributed by atoms with Crippen LogP contribution in [0.4, 0.5) is 5.95 Å². The van der Waals surface area contributed by atoms with Gasteiger partial charge in [-0.2, -0.15) is 0 Å². The second kappa shape index (κ2) is 8.19. The number of anilines is 1. The molecular formula is C22H27N5O2. The van der Waals surface area contributed by atoms with E-state index in [1.54, 1.807) is 24.4 Å². The molecule has 1 aromatic heterocycles. The summed E-state index contributed by atoms with van der Waals surface area (Å²) in [5.41, 5.74) is 14.1. The third-order valence-electron chi connectivity index (χ3n) is 6.10. The lowest BCUT2D eigenvalue weighted by Crippen LogP contribution is -2.37. The Morgan fingerprint density at radius 3 is 2.62 bits per heavy atom. The van der Waals surface area contributed by atoms with Crippen LogP contribution in [-0.4, -0.2) is 33.2 Å². The molecule has 2 fully saturated rings. The zero-order valence-electron chi connectivity index (χ0n) is 16.5. The number of likely N-dealkylation sites (tertiary alicyclic amines) is 1. The van der Waals surface area contributed by atoms with Gasteiger partial charge in [0.05, 0.1) is 11.7 Å². The highest BCUT2D eigenvalue weighted by molar-refractivity contribution is 5.94. The number of primary amides is 1. The molecule has 29 heavy (non-hydrogen) atoms. The van der Waals surface area contributed by atoms with Crippen molar-refractivity contribution in [1.29, 1.82) is 0 Å². The van der Waals surface area contributed by atoms with Crippen LogP contribution in [0.1, 0.15) is 67.0 Å². The summed E-state index contributed by atoms with van der Waals surface area (Å²) < 4.78 is 0. The average Bonchev–Trinajstić information content (AvgIpc) is 3.23. The third-order valence-corrected chi connectivity index (χ3v) is 6.10. The first kappa shape index (κ1) is 19.4. The number of nitrogens with two attached hydrogens (primary N) is 2. The minimum atomic E-state index is -0.486. The molecule has 1 saturated carbocycles. The van der Waals surface area contributed by atoms with Crippen LogP contribution in [-0.2, 0) is 4.79 Å². The maximum Gasteiger partial charge on any atom is 0.248 e. The molecule has 0 unspecified atom stereocenters. The first-order valence-electron chi connectivity index (χ1n) is 10.4. The van der Waals surface area contributed by atoms with E-state index in [2.05, 4.69) is 9.97 Å². The van der Waals surface area contributed by atoms with Gasteiger partial charge >= 0.3 is 0 Å². The molecule has 0 radical (unpaired) electrons. The van der Waals surface area contributed by atoms with E-state index in [1.165, 1.54) is 6.42 Å². The molecule has 1 aliphatic carbocycles. The van der Waals surface area contributed by atoms with E-state index in [4.69, 9.17) is 11.5 Å². The van der Waals surface area contributed by atoms with Crippen LogP contribution < -0.4 is 11.5 Å². The SMILES string of the molecule is NC(=O)c1cccc(-c2cnc(N)nc2[C@H]2CCCN2C(=O)C2CCCCC2)c1. The molecule has 2 aromatic rings. The Bertz CT molecular complexity index is 923. The van der Waals surface area contributed by atoms with Gasteiger partial charge in [-0.1, -0.05) is 31.4 Å². The number of nitrogens with zero attached hydrogens (tertiary/aromatic N) is 3. The second-order valence-corrected chi connectivity index (χ2v) is 8.00. The van der Waals surface area contributed by atoms with Crippen LogP contribution in [0, 0.1) is 5.92 Å². The van der Waals surface area contributed by atoms with Crippen molar-refractivity contribution in [3.05, 3.63) is 41.7 Å². The molecule has 7 heteroatoms. The standard InChI is InChI=1S/C22H27N5O2/c23-20(28)16-9-4-8-15(12-16)17-13-25-22(24)26-19(17)18-10-5-11-27(18)21(29)14-6-2-1-3-7-14/h4,8-9,12-14,18H,1-3,5-7,10-11H2,(H2,23,28)(H2,24,25,26)/t18-/m1/s1. The van der Waals surface area contributed by atoms with Crippen LogP contribution >= 0.6 is 0 Å². The number of carbonyl (C=O) groups excluding carboxylic acids is 2. The van der Waals surface area contributed by atoms with Crippen molar-refractivity contribution in [2.24, 2.45) is 11.7 Å². The maximum atomic E-state index is 13.3. The molecule has 4 rings (SSSR count). The number of benzene rings is 1. The highest BCUT2D eigenvalue weighted by Gasteiger charge is 2.36. The van der Waals surface area contributed by atoms with Crippen molar-refractivity contribution in [3.8, 4) is 11.1 Å². The quantitative estimate of drug-likeness (QED) is 0.828. The Morgan fingerprint density at radius 1 is 1.07 bits per heavy atom. The lowest BCUT2D eigenvalue weighted by atomic mass is 9.88. The summed E-state index contributed by atoms with van der Waals surface area (Å²) in [7, 11) is 0. The van der Waals surface area contributed by atoms with Gasteiger partial charge in [0.25, 0.3) is 0 Å². The predicted octanol–water partition coefficient (Wildman–Crippen LogP) is 3.07. The van der Waals surface area contributed by atoms with Crippen molar-refractivity contribution in [1.82, 2.24) is 14.9 Å². The number of hydrogen-bond donors (Lipinski definition) is 2. The minimum absolute atomic E-state index is 0.116. The van der Waals surface area contributed by atoms with Gasteiger partial charge in [0, 0.05) is 29.8 Å². The Hall–Kier alpha value is -2.96. The summed E-state index contributed by atoms with van der Waals surface area (Å²) in [5, 5.41) is 0. The summed E-state index contributed by atoms with van der Waals surface area (Å²) in [4.78, 5) is 35.6. The average molecular weight is 393 g/mol. The van der Waals surface area contributed by atoms with E-state index >= 15 is 0 Å². The van der Waals surface area contributed by atoms with Crippen LogP contribution in [0.25, 0.3) is 11.1 Å². The predicted molar refractivity (Wildman–Crippen MR) is 111 cm³/mol. The molecule has 0 spiro atoms. The number of aromatic nitrogens is 2. The molecule has 1 saturated heterocycles. The molecule has 1 aromatic carbocycles. The van der Waals surface area contributed by atoms with Gasteiger partial charge in [-0.05, 0) is 43.4 Å². The molecular weight excluding hydrogens is 366 g/mol. The molecule has 0 bridgehead atoms. The molecule has 152 valence electrons. The number of hydrogen-bond acceptors (Lipinski definition) is 5. The molecule has 2 aliphatic rings. The van der Waals surface area contributed by atoms with E-state index in [0.717, 1.165) is 61.9 Å². The molecule has 1 atom stereocenters. The first-order chi connectivity index (χ1) is 14.0. The minimum Gasteiger partial charge on any atom is -0.368 e. The van der Waals surface area contributed by atoms with Gasteiger partial charge in [-0.3, -0.25) is 9.59 Å². The van der Waals surface area contributed by atoms with Crippen LogP contribution in [0.15, 0.2) is 30.5 Å². The van der Waals surface area contributed by atoms with Gasteiger partial charge in [-0.25, -0.2) is 9.97 Å². The van der Waals surface area contributed by atoms with Crippen LogP contribution in [0.3, 0.4) is 0 Å². The summed E-state index contributed by atoms with van der Waals surface area (Å²) >= 11 is 0. The molecule has 4 N–H and O–H groups in total. The van der Waals surface area contributed by atoms with Gasteiger partial charge < -0.3 is 16.4 Å². The number of nitrogen functional groups attached to an aromatic ring is 1. The molecule has 1 aliphatic heterocycles. The second-order valence-electron chi connectivity index (χ2n) is 8.00. The smallest absolute Gasteiger partial charge is 0.248 e. The van der Waals surface area contributed by atoms with Gasteiger partial charge in [0.1, 0.15) is 0 Å². The van der Waals surface area contributed by atoms with Gasteiger partial charge in [0.2, 0.25) is 17.8 Å².